The number of rotatable bonds is 4. The van der Waals surface area contributed by atoms with Crippen LogP contribution in [0.25, 0.3) is 22.4 Å². The molecule has 1 heterocycles. The third-order valence-corrected chi connectivity index (χ3v) is 5.33. The van der Waals surface area contributed by atoms with Crippen molar-refractivity contribution >= 4 is 9.84 Å². The van der Waals surface area contributed by atoms with E-state index in [2.05, 4.69) is 5.16 Å². The van der Waals surface area contributed by atoms with Gasteiger partial charge >= 0.3 is 0 Å². The number of aromatic nitrogens is 1. The maximum atomic E-state index is 14.3. The minimum Gasteiger partial charge on any atom is -0.354 e. The Morgan fingerprint density at radius 2 is 1.72 bits per heavy atom. The maximum absolute atomic E-state index is 14.3. The van der Waals surface area contributed by atoms with Crippen LogP contribution in [0.15, 0.2) is 39.8 Å². The molecular formula is C19H12F4N2O3S. The minimum atomic E-state index is -4.22. The number of benzene rings is 2. The van der Waals surface area contributed by atoms with Gasteiger partial charge in [0, 0.05) is 11.8 Å². The molecule has 0 unspecified atom stereocenters. The van der Waals surface area contributed by atoms with Crippen molar-refractivity contribution in [1.29, 1.82) is 5.26 Å². The molecule has 0 saturated carbocycles. The van der Waals surface area contributed by atoms with E-state index in [1.54, 1.807) is 6.92 Å². The third-order valence-electron chi connectivity index (χ3n) is 4.19. The zero-order chi connectivity index (χ0) is 21.5. The van der Waals surface area contributed by atoms with E-state index in [-0.39, 0.29) is 22.4 Å². The summed E-state index contributed by atoms with van der Waals surface area (Å²) in [7, 11) is -4.22. The van der Waals surface area contributed by atoms with Gasteiger partial charge in [0.2, 0.25) is 5.76 Å². The summed E-state index contributed by atoms with van der Waals surface area (Å²) in [4.78, 5) is -1.16. The van der Waals surface area contributed by atoms with Gasteiger partial charge in [-0.1, -0.05) is 11.2 Å². The van der Waals surface area contributed by atoms with Crippen LogP contribution >= 0.6 is 0 Å². The van der Waals surface area contributed by atoms with Crippen molar-refractivity contribution in [3.05, 3.63) is 58.9 Å². The van der Waals surface area contributed by atoms with Crippen LogP contribution in [0.3, 0.4) is 0 Å². The molecule has 0 aliphatic rings. The molecule has 0 amide bonds. The first-order chi connectivity index (χ1) is 13.5. The molecule has 0 spiro atoms. The second-order valence-electron chi connectivity index (χ2n) is 6.25. The first-order valence-corrected chi connectivity index (χ1v) is 9.92. The first kappa shape index (κ1) is 20.5. The van der Waals surface area contributed by atoms with Gasteiger partial charge in [0.25, 0.3) is 6.43 Å². The van der Waals surface area contributed by atoms with Crippen LogP contribution in [0, 0.1) is 29.9 Å². The van der Waals surface area contributed by atoms with Crippen LogP contribution < -0.4 is 0 Å². The molecule has 10 heteroatoms. The Balaban J connectivity index is 2.29. The SMILES string of the molecule is Cc1cc(-c2noc(C(F)F)c2-c2cc(F)c(S(C)(=O)=O)c(F)c2)ccc1C#N. The topological polar surface area (TPSA) is 84.0 Å². The van der Waals surface area contributed by atoms with Crippen LogP contribution in [0.4, 0.5) is 17.6 Å². The van der Waals surface area contributed by atoms with Crippen molar-refractivity contribution in [3.8, 4) is 28.5 Å². The fourth-order valence-electron chi connectivity index (χ4n) is 2.92. The second-order valence-corrected chi connectivity index (χ2v) is 8.21. The number of aryl methyl sites for hydroxylation is 1. The van der Waals surface area contributed by atoms with Gasteiger partial charge in [-0.3, -0.25) is 0 Å². The summed E-state index contributed by atoms with van der Waals surface area (Å²) >= 11 is 0. The van der Waals surface area contributed by atoms with Gasteiger partial charge in [-0.05, 0) is 42.3 Å². The van der Waals surface area contributed by atoms with E-state index >= 15 is 0 Å². The number of alkyl halides is 2. The molecule has 0 aliphatic carbocycles. The predicted octanol–water partition coefficient (Wildman–Crippen LogP) is 4.81. The van der Waals surface area contributed by atoms with E-state index < -0.39 is 38.6 Å². The number of sulfone groups is 1. The predicted molar refractivity (Wildman–Crippen MR) is 94.8 cm³/mol. The molecule has 0 atom stereocenters. The van der Waals surface area contributed by atoms with Gasteiger partial charge in [-0.15, -0.1) is 0 Å². The summed E-state index contributed by atoms with van der Waals surface area (Å²) in [5.74, 6) is -3.77. The molecule has 29 heavy (non-hydrogen) atoms. The fourth-order valence-corrected chi connectivity index (χ4v) is 3.75. The van der Waals surface area contributed by atoms with Crippen molar-refractivity contribution in [2.24, 2.45) is 0 Å². The van der Waals surface area contributed by atoms with E-state index in [1.807, 2.05) is 6.07 Å². The van der Waals surface area contributed by atoms with Crippen LogP contribution in [0.5, 0.6) is 0 Å². The quantitative estimate of drug-likeness (QED) is 0.562. The highest BCUT2D eigenvalue weighted by Gasteiger charge is 2.29. The van der Waals surface area contributed by atoms with Crippen LogP contribution in [-0.2, 0) is 9.84 Å². The lowest BCUT2D eigenvalue weighted by Gasteiger charge is -2.09. The summed E-state index contributed by atoms with van der Waals surface area (Å²) in [5.41, 5.74) is 0.298. The van der Waals surface area contributed by atoms with E-state index in [1.165, 1.54) is 18.2 Å². The lowest BCUT2D eigenvalue weighted by Crippen LogP contribution is -2.05. The number of hydrogen-bond acceptors (Lipinski definition) is 5. The molecule has 150 valence electrons. The second kappa shape index (κ2) is 7.33. The summed E-state index contributed by atoms with van der Waals surface area (Å²) in [6.07, 6.45) is -2.52. The third kappa shape index (κ3) is 3.73. The van der Waals surface area contributed by atoms with E-state index in [0.29, 0.717) is 29.5 Å². The molecule has 3 aromatic rings. The van der Waals surface area contributed by atoms with Crippen molar-refractivity contribution in [1.82, 2.24) is 5.16 Å². The molecule has 2 aromatic carbocycles. The Bertz CT molecular complexity index is 1240. The Kier molecular flexibility index (Phi) is 5.19. The largest absolute Gasteiger partial charge is 0.354 e. The Morgan fingerprint density at radius 3 is 2.21 bits per heavy atom. The van der Waals surface area contributed by atoms with Crippen molar-refractivity contribution in [2.45, 2.75) is 18.2 Å². The normalized spacial score (nSPS) is 11.7. The molecule has 0 bridgehead atoms. The highest BCUT2D eigenvalue weighted by atomic mass is 32.2. The number of nitriles is 1. The van der Waals surface area contributed by atoms with Crippen LogP contribution in [0.2, 0.25) is 0 Å². The molecule has 0 aliphatic heterocycles. The zero-order valence-corrected chi connectivity index (χ0v) is 15.8. The van der Waals surface area contributed by atoms with Crippen LogP contribution in [0.1, 0.15) is 23.3 Å². The lowest BCUT2D eigenvalue weighted by molar-refractivity contribution is 0.113. The Hall–Kier alpha value is -3.19. The van der Waals surface area contributed by atoms with Crippen molar-refractivity contribution < 1.29 is 30.5 Å². The lowest BCUT2D eigenvalue weighted by atomic mass is 9.96. The monoisotopic (exact) mass is 424 g/mol. The number of nitrogens with zero attached hydrogens (tertiary/aromatic N) is 2. The van der Waals surface area contributed by atoms with E-state index in [4.69, 9.17) is 9.78 Å². The summed E-state index contributed by atoms with van der Waals surface area (Å²) in [6, 6.07) is 7.60. The molecule has 0 N–H and O–H groups in total. The average Bonchev–Trinajstić information content (AvgIpc) is 3.05. The van der Waals surface area contributed by atoms with Gasteiger partial charge in [0.1, 0.15) is 22.2 Å². The molecule has 0 fully saturated rings. The Morgan fingerprint density at radius 1 is 1.10 bits per heavy atom. The van der Waals surface area contributed by atoms with Gasteiger partial charge in [-0.2, -0.15) is 5.26 Å². The average molecular weight is 424 g/mol. The van der Waals surface area contributed by atoms with Crippen molar-refractivity contribution in [3.63, 3.8) is 0 Å². The first-order valence-electron chi connectivity index (χ1n) is 8.03. The highest BCUT2D eigenvalue weighted by Crippen LogP contribution is 2.40. The van der Waals surface area contributed by atoms with Gasteiger partial charge in [0.05, 0.1) is 17.2 Å². The molecule has 5 nitrogen and oxygen atoms in total. The number of halogens is 4. The van der Waals surface area contributed by atoms with Crippen molar-refractivity contribution in [2.75, 3.05) is 6.26 Å². The molecule has 1 aromatic heterocycles. The molecule has 0 radical (unpaired) electrons. The number of hydrogen-bond donors (Lipinski definition) is 0. The zero-order valence-electron chi connectivity index (χ0n) is 15.0. The molecule has 3 rings (SSSR count). The van der Waals surface area contributed by atoms with E-state index in [0.717, 1.165) is 0 Å². The molecular weight excluding hydrogens is 412 g/mol. The van der Waals surface area contributed by atoms with Gasteiger partial charge in [-0.25, -0.2) is 26.0 Å². The maximum Gasteiger partial charge on any atom is 0.298 e. The van der Waals surface area contributed by atoms with Gasteiger partial charge in [0.15, 0.2) is 9.84 Å². The standard InChI is InChI=1S/C19H12F4N2O3S/c1-9-5-10(3-4-11(9)8-24)16-15(17(19(22)23)28-25-16)12-6-13(20)18(14(21)7-12)29(2,26)27/h3-7,19H,1-2H3. The smallest absolute Gasteiger partial charge is 0.298 e. The summed E-state index contributed by atoms with van der Waals surface area (Å²) in [6.45, 7) is 1.62. The minimum absolute atomic E-state index is 0.126. The summed E-state index contributed by atoms with van der Waals surface area (Å²) in [5, 5.41) is 12.6. The Labute approximate surface area is 163 Å². The van der Waals surface area contributed by atoms with E-state index in [9.17, 15) is 26.0 Å². The highest BCUT2D eigenvalue weighted by molar-refractivity contribution is 7.90. The fraction of sp³-hybridized carbons (Fsp3) is 0.158. The van der Waals surface area contributed by atoms with Gasteiger partial charge < -0.3 is 4.52 Å². The van der Waals surface area contributed by atoms with Crippen LogP contribution in [-0.4, -0.2) is 19.8 Å². The molecule has 0 saturated heterocycles. The summed E-state index contributed by atoms with van der Waals surface area (Å²) < 4.78 is 83.4.